The summed E-state index contributed by atoms with van der Waals surface area (Å²) in [5.74, 6) is 0.138. The van der Waals surface area contributed by atoms with Crippen molar-refractivity contribution in [1.82, 2.24) is 10.2 Å². The summed E-state index contributed by atoms with van der Waals surface area (Å²) in [5.41, 5.74) is 1.10. The van der Waals surface area contributed by atoms with Gasteiger partial charge in [0.2, 0.25) is 6.43 Å². The van der Waals surface area contributed by atoms with Crippen LogP contribution in [0.1, 0.15) is 12.0 Å². The summed E-state index contributed by atoms with van der Waals surface area (Å²) in [4.78, 5) is 6.28. The molecule has 0 saturated heterocycles. The average molecular weight is 267 g/mol. The van der Waals surface area contributed by atoms with Crippen LogP contribution in [-0.2, 0) is 6.54 Å². The van der Waals surface area contributed by atoms with Crippen molar-refractivity contribution < 1.29 is 8.78 Å². The molecular formula is C14H19F2N3. The molecule has 1 fully saturated rings. The lowest BCUT2D eigenvalue weighted by Gasteiger charge is -2.17. The van der Waals surface area contributed by atoms with Crippen molar-refractivity contribution in [3.05, 3.63) is 35.9 Å². The van der Waals surface area contributed by atoms with E-state index in [1.165, 1.54) is 0 Å². The first-order valence-electron chi connectivity index (χ1n) is 6.38. The van der Waals surface area contributed by atoms with Gasteiger partial charge in [0.15, 0.2) is 5.96 Å². The molecule has 2 atom stereocenters. The molecule has 1 aromatic carbocycles. The number of aliphatic imine (C=N–C) groups is 1. The molecule has 0 bridgehead atoms. The number of alkyl halides is 2. The molecule has 1 aromatic rings. The zero-order chi connectivity index (χ0) is 13.8. The van der Waals surface area contributed by atoms with Gasteiger partial charge in [-0.25, -0.2) is 13.8 Å². The summed E-state index contributed by atoms with van der Waals surface area (Å²) >= 11 is 0. The Morgan fingerprint density at radius 2 is 2.05 bits per heavy atom. The first kappa shape index (κ1) is 13.8. The van der Waals surface area contributed by atoms with Gasteiger partial charge in [0.25, 0.3) is 0 Å². The van der Waals surface area contributed by atoms with Crippen LogP contribution in [0.3, 0.4) is 0 Å². The number of guanidine groups is 1. The normalized spacial score (nSPS) is 22.5. The van der Waals surface area contributed by atoms with Crippen LogP contribution in [0.4, 0.5) is 8.78 Å². The fourth-order valence-corrected chi connectivity index (χ4v) is 1.89. The maximum absolute atomic E-state index is 12.5. The van der Waals surface area contributed by atoms with E-state index in [9.17, 15) is 8.78 Å². The Kier molecular flexibility index (Phi) is 4.35. The van der Waals surface area contributed by atoms with Gasteiger partial charge >= 0.3 is 0 Å². The monoisotopic (exact) mass is 267 g/mol. The summed E-state index contributed by atoms with van der Waals surface area (Å²) in [6.07, 6.45) is -1.72. The topological polar surface area (TPSA) is 27.6 Å². The molecule has 1 saturated carbocycles. The summed E-state index contributed by atoms with van der Waals surface area (Å²) in [5, 5.41) is 3.09. The van der Waals surface area contributed by atoms with Crippen molar-refractivity contribution in [3.63, 3.8) is 0 Å². The van der Waals surface area contributed by atoms with Crippen molar-refractivity contribution in [2.75, 3.05) is 14.1 Å². The van der Waals surface area contributed by atoms with E-state index in [-0.39, 0.29) is 6.04 Å². The highest BCUT2D eigenvalue weighted by Gasteiger charge is 2.44. The van der Waals surface area contributed by atoms with Crippen LogP contribution < -0.4 is 5.32 Å². The van der Waals surface area contributed by atoms with Crippen LogP contribution in [0.2, 0.25) is 0 Å². The number of nitrogens with one attached hydrogen (secondary N) is 1. The van der Waals surface area contributed by atoms with Gasteiger partial charge in [0, 0.05) is 26.1 Å². The third kappa shape index (κ3) is 3.91. The van der Waals surface area contributed by atoms with Gasteiger partial charge in [-0.3, -0.25) is 0 Å². The van der Waals surface area contributed by atoms with Crippen LogP contribution in [0, 0.1) is 5.92 Å². The fourth-order valence-electron chi connectivity index (χ4n) is 1.89. The maximum atomic E-state index is 12.5. The zero-order valence-corrected chi connectivity index (χ0v) is 11.2. The summed E-state index contributed by atoms with van der Waals surface area (Å²) < 4.78 is 25.0. The molecule has 0 unspecified atom stereocenters. The lowest BCUT2D eigenvalue weighted by Crippen LogP contribution is -2.38. The largest absolute Gasteiger partial charge is 0.353 e. The Morgan fingerprint density at radius 3 is 2.58 bits per heavy atom. The minimum absolute atomic E-state index is 0.142. The maximum Gasteiger partial charge on any atom is 0.243 e. The molecule has 0 spiro atoms. The third-order valence-electron chi connectivity index (χ3n) is 3.16. The number of nitrogens with zero attached hydrogens (tertiary/aromatic N) is 2. The van der Waals surface area contributed by atoms with Crippen LogP contribution in [0.5, 0.6) is 0 Å². The standard InChI is InChI=1S/C14H19F2N3/c1-19(2)14(18-12-8-11(12)13(15)16)17-9-10-6-4-3-5-7-10/h3-7,11-13H,8-9H2,1-2H3,(H,17,18)/t11-,12-/m0/s1. The van der Waals surface area contributed by atoms with E-state index in [2.05, 4.69) is 10.3 Å². The highest BCUT2D eigenvalue weighted by Crippen LogP contribution is 2.36. The number of benzene rings is 1. The second-order valence-corrected chi connectivity index (χ2v) is 5.00. The lowest BCUT2D eigenvalue weighted by molar-refractivity contribution is 0.119. The van der Waals surface area contributed by atoms with E-state index in [1.807, 2.05) is 49.3 Å². The van der Waals surface area contributed by atoms with Gasteiger partial charge in [-0.15, -0.1) is 0 Å². The second kappa shape index (κ2) is 5.99. The second-order valence-electron chi connectivity index (χ2n) is 5.00. The van der Waals surface area contributed by atoms with Crippen molar-refractivity contribution >= 4 is 5.96 Å². The van der Waals surface area contributed by atoms with E-state index in [0.717, 1.165) is 5.56 Å². The van der Waals surface area contributed by atoms with Gasteiger partial charge in [0.1, 0.15) is 0 Å². The van der Waals surface area contributed by atoms with E-state index >= 15 is 0 Å². The van der Waals surface area contributed by atoms with Crippen molar-refractivity contribution in [1.29, 1.82) is 0 Å². The van der Waals surface area contributed by atoms with E-state index in [1.54, 1.807) is 0 Å². The molecule has 0 heterocycles. The molecule has 0 aromatic heterocycles. The van der Waals surface area contributed by atoms with Gasteiger partial charge in [-0.2, -0.15) is 0 Å². The molecular weight excluding hydrogens is 248 g/mol. The predicted octanol–water partition coefficient (Wildman–Crippen LogP) is 2.35. The molecule has 19 heavy (non-hydrogen) atoms. The fraction of sp³-hybridized carbons (Fsp3) is 0.500. The molecule has 1 aliphatic carbocycles. The smallest absolute Gasteiger partial charge is 0.243 e. The van der Waals surface area contributed by atoms with E-state index in [4.69, 9.17) is 0 Å². The first-order chi connectivity index (χ1) is 9.08. The molecule has 1 N–H and O–H groups in total. The SMILES string of the molecule is CN(C)C(=NCc1ccccc1)N[C@H]1C[C@@H]1C(F)F. The Labute approximate surface area is 112 Å². The van der Waals surface area contributed by atoms with Crippen LogP contribution in [0.15, 0.2) is 35.3 Å². The molecule has 0 radical (unpaired) electrons. The molecule has 2 rings (SSSR count). The minimum Gasteiger partial charge on any atom is -0.353 e. The number of rotatable bonds is 4. The number of hydrogen-bond donors (Lipinski definition) is 1. The summed E-state index contributed by atoms with van der Waals surface area (Å²) in [6.45, 7) is 0.549. The average Bonchev–Trinajstić information content (AvgIpc) is 3.15. The highest BCUT2D eigenvalue weighted by atomic mass is 19.3. The summed E-state index contributed by atoms with van der Waals surface area (Å²) in [7, 11) is 3.72. The number of halogens is 2. The lowest BCUT2D eigenvalue weighted by atomic mass is 10.2. The molecule has 3 nitrogen and oxygen atoms in total. The number of hydrogen-bond acceptors (Lipinski definition) is 1. The minimum atomic E-state index is -2.24. The Bertz CT molecular complexity index is 432. The van der Waals surface area contributed by atoms with Crippen LogP contribution >= 0.6 is 0 Å². The first-order valence-corrected chi connectivity index (χ1v) is 6.38. The quantitative estimate of drug-likeness (QED) is 0.670. The van der Waals surface area contributed by atoms with E-state index in [0.29, 0.717) is 18.9 Å². The molecule has 104 valence electrons. The molecule has 5 heteroatoms. The van der Waals surface area contributed by atoms with Gasteiger partial charge in [-0.1, -0.05) is 30.3 Å². The van der Waals surface area contributed by atoms with Gasteiger partial charge in [0.05, 0.1) is 6.54 Å². The summed E-state index contributed by atoms with van der Waals surface area (Å²) in [6, 6.07) is 9.72. The molecule has 0 aliphatic heterocycles. The third-order valence-corrected chi connectivity index (χ3v) is 3.16. The van der Waals surface area contributed by atoms with Crippen molar-refractivity contribution in [3.8, 4) is 0 Å². The van der Waals surface area contributed by atoms with E-state index < -0.39 is 12.3 Å². The Morgan fingerprint density at radius 1 is 1.37 bits per heavy atom. The van der Waals surface area contributed by atoms with Crippen LogP contribution in [0.25, 0.3) is 0 Å². The highest BCUT2D eigenvalue weighted by molar-refractivity contribution is 5.80. The Balaban J connectivity index is 1.93. The van der Waals surface area contributed by atoms with Crippen molar-refractivity contribution in [2.45, 2.75) is 25.4 Å². The van der Waals surface area contributed by atoms with Crippen LogP contribution in [-0.4, -0.2) is 37.4 Å². The zero-order valence-electron chi connectivity index (χ0n) is 11.2. The molecule has 0 amide bonds. The van der Waals surface area contributed by atoms with Gasteiger partial charge in [-0.05, 0) is 12.0 Å². The predicted molar refractivity (Wildman–Crippen MR) is 72.3 cm³/mol. The Hall–Kier alpha value is -1.65. The molecule has 1 aliphatic rings. The van der Waals surface area contributed by atoms with Crippen molar-refractivity contribution in [2.24, 2.45) is 10.9 Å². The van der Waals surface area contributed by atoms with Gasteiger partial charge < -0.3 is 10.2 Å².